The number of ether oxygens (including phenoxy) is 1. The summed E-state index contributed by atoms with van der Waals surface area (Å²) in [6.07, 6.45) is 0. The van der Waals surface area contributed by atoms with Gasteiger partial charge in [0, 0.05) is 7.11 Å². The predicted octanol–water partition coefficient (Wildman–Crippen LogP) is 0.0799. The van der Waals surface area contributed by atoms with Crippen LogP contribution < -0.4 is 0 Å². The van der Waals surface area contributed by atoms with Gasteiger partial charge in [-0.05, 0) is 0 Å². The Balaban J connectivity index is 2.19. The van der Waals surface area contributed by atoms with Crippen molar-refractivity contribution in [3.63, 3.8) is 0 Å². The van der Waals surface area contributed by atoms with Gasteiger partial charge in [0.1, 0.15) is 0 Å². The molecule has 3 heteroatoms. The molecule has 0 saturated heterocycles. The normalized spacial score (nSPS) is 8.40. The van der Waals surface area contributed by atoms with Gasteiger partial charge in [0.05, 0.1) is 0 Å². The van der Waals surface area contributed by atoms with Gasteiger partial charge in [-0.2, -0.15) is 0 Å². The molecule has 0 aliphatic rings. The third-order valence-corrected chi connectivity index (χ3v) is 0.171. The van der Waals surface area contributed by atoms with Crippen LogP contribution in [0.2, 0.25) is 0 Å². The first-order chi connectivity index (χ1) is 2.41. The molecule has 3 nitrogen and oxygen atoms in total. The van der Waals surface area contributed by atoms with Gasteiger partial charge >= 0.3 is 0 Å². The van der Waals surface area contributed by atoms with E-state index in [0.717, 1.165) is 0 Å². The maximum atomic E-state index is 7.44. The lowest BCUT2D eigenvalue weighted by molar-refractivity contribution is -0.290. The second-order valence-electron chi connectivity index (χ2n) is 0.536. The molecule has 0 bridgehead atoms. The molecule has 0 aliphatic heterocycles. The molecule has 0 heterocycles. The van der Waals surface area contributed by atoms with E-state index in [1.165, 1.54) is 7.11 Å². The second-order valence-corrected chi connectivity index (χ2v) is 0.536. The largest absolute Gasteiger partial charge is 0.355 e. The Morgan fingerprint density at radius 1 is 1.80 bits per heavy atom. The minimum Gasteiger partial charge on any atom is -0.355 e. The smallest absolute Gasteiger partial charge is 0.180 e. The number of methoxy groups -OCH3 is 1. The van der Waals surface area contributed by atoms with Crippen LogP contribution >= 0.6 is 0 Å². The van der Waals surface area contributed by atoms with Gasteiger partial charge in [0.25, 0.3) is 0 Å². The fourth-order valence-corrected chi connectivity index (χ4v) is 0.0527. The fourth-order valence-electron chi connectivity index (χ4n) is 0.0527. The van der Waals surface area contributed by atoms with Crippen LogP contribution in [0.3, 0.4) is 0 Å². The quantitative estimate of drug-likeness (QED) is 0.289. The van der Waals surface area contributed by atoms with Crippen molar-refractivity contribution in [2.75, 3.05) is 13.9 Å². The van der Waals surface area contributed by atoms with Gasteiger partial charge in [-0.1, -0.05) is 0 Å². The molecule has 0 radical (unpaired) electrons. The van der Waals surface area contributed by atoms with Gasteiger partial charge < -0.3 is 4.74 Å². The van der Waals surface area contributed by atoms with Crippen molar-refractivity contribution in [3.05, 3.63) is 0 Å². The van der Waals surface area contributed by atoms with E-state index in [-0.39, 0.29) is 6.79 Å². The Morgan fingerprint density at radius 3 is 2.40 bits per heavy atom. The van der Waals surface area contributed by atoms with E-state index in [1.807, 2.05) is 0 Å². The van der Waals surface area contributed by atoms with E-state index in [0.29, 0.717) is 0 Å². The Labute approximate surface area is 30.1 Å². The summed E-state index contributed by atoms with van der Waals surface area (Å²) in [4.78, 5) is 3.47. The third-order valence-electron chi connectivity index (χ3n) is 0.171. The van der Waals surface area contributed by atoms with Crippen molar-refractivity contribution in [3.8, 4) is 0 Å². The molecular formula is C2H6O3. The summed E-state index contributed by atoms with van der Waals surface area (Å²) >= 11 is 0. The van der Waals surface area contributed by atoms with E-state index in [2.05, 4.69) is 9.62 Å². The summed E-state index contributed by atoms with van der Waals surface area (Å²) in [6, 6.07) is 0. The summed E-state index contributed by atoms with van der Waals surface area (Å²) in [5.41, 5.74) is 0. The van der Waals surface area contributed by atoms with Crippen LogP contribution in [0.5, 0.6) is 0 Å². The molecule has 0 rings (SSSR count). The monoisotopic (exact) mass is 78.0 g/mol. The molecule has 0 aromatic heterocycles. The number of hydrogen-bond donors (Lipinski definition) is 1. The summed E-state index contributed by atoms with van der Waals surface area (Å²) < 4.78 is 4.22. The van der Waals surface area contributed by atoms with Crippen LogP contribution in [0.1, 0.15) is 0 Å². The van der Waals surface area contributed by atoms with Crippen molar-refractivity contribution in [1.82, 2.24) is 0 Å². The maximum absolute atomic E-state index is 7.44. The highest BCUT2D eigenvalue weighted by atomic mass is 17.1. The lowest BCUT2D eigenvalue weighted by Gasteiger charge is -1.85. The van der Waals surface area contributed by atoms with E-state index >= 15 is 0 Å². The van der Waals surface area contributed by atoms with Crippen LogP contribution in [-0.4, -0.2) is 19.2 Å². The second kappa shape index (κ2) is 3.88. The molecule has 0 aliphatic carbocycles. The molecule has 1 N–H and O–H groups in total. The molecule has 5 heavy (non-hydrogen) atoms. The first-order valence-corrected chi connectivity index (χ1v) is 1.17. The zero-order valence-electron chi connectivity index (χ0n) is 2.97. The van der Waals surface area contributed by atoms with Crippen molar-refractivity contribution in [1.29, 1.82) is 0 Å². The minimum absolute atomic E-state index is 0.0556. The predicted molar refractivity (Wildman–Crippen MR) is 15.6 cm³/mol. The van der Waals surface area contributed by atoms with Crippen LogP contribution in [0.25, 0.3) is 0 Å². The average Bonchev–Trinajstić information content (AvgIpc) is 1.41. The molecule has 0 fully saturated rings. The van der Waals surface area contributed by atoms with Crippen LogP contribution in [0.15, 0.2) is 0 Å². The Bertz CT molecular complexity index is 12.4. The van der Waals surface area contributed by atoms with Crippen LogP contribution in [0.4, 0.5) is 0 Å². The summed E-state index contributed by atoms with van der Waals surface area (Å²) in [5, 5.41) is 7.44. The molecule has 0 unspecified atom stereocenters. The molecule has 0 aromatic rings. The van der Waals surface area contributed by atoms with Gasteiger partial charge in [0.15, 0.2) is 6.79 Å². The minimum atomic E-state index is -0.0556. The molecule has 0 spiro atoms. The standard InChI is InChI=1S/C2H6O3/c1-4-2-5-3/h3H,2H2,1H3. The zero-order valence-corrected chi connectivity index (χ0v) is 2.97. The summed E-state index contributed by atoms with van der Waals surface area (Å²) in [7, 11) is 1.43. The number of rotatable bonds is 2. The van der Waals surface area contributed by atoms with Gasteiger partial charge in [-0.25, -0.2) is 10.1 Å². The SMILES string of the molecule is COCOO. The highest BCUT2D eigenvalue weighted by Gasteiger charge is 1.65. The fraction of sp³-hybridized carbons (Fsp3) is 1.00. The van der Waals surface area contributed by atoms with E-state index in [9.17, 15) is 0 Å². The zero-order chi connectivity index (χ0) is 4.12. The Hall–Kier alpha value is -0.120. The first-order valence-electron chi connectivity index (χ1n) is 1.17. The van der Waals surface area contributed by atoms with Crippen LogP contribution in [0, 0.1) is 0 Å². The first kappa shape index (κ1) is 4.88. The van der Waals surface area contributed by atoms with Crippen molar-refractivity contribution >= 4 is 0 Å². The van der Waals surface area contributed by atoms with Crippen molar-refractivity contribution < 1.29 is 14.9 Å². The van der Waals surface area contributed by atoms with Gasteiger partial charge in [-0.3, -0.25) is 0 Å². The van der Waals surface area contributed by atoms with Gasteiger partial charge in [-0.15, -0.1) is 0 Å². The van der Waals surface area contributed by atoms with Crippen LogP contribution in [-0.2, 0) is 9.62 Å². The van der Waals surface area contributed by atoms with E-state index < -0.39 is 0 Å². The molecule has 32 valence electrons. The average molecular weight is 78.1 g/mol. The topological polar surface area (TPSA) is 38.7 Å². The molecule has 0 amide bonds. The lowest BCUT2D eigenvalue weighted by Crippen LogP contribution is -1.88. The van der Waals surface area contributed by atoms with Crippen molar-refractivity contribution in [2.24, 2.45) is 0 Å². The lowest BCUT2D eigenvalue weighted by atomic mass is 11.4. The van der Waals surface area contributed by atoms with E-state index in [1.54, 1.807) is 0 Å². The highest BCUT2D eigenvalue weighted by molar-refractivity contribution is 3.77. The highest BCUT2D eigenvalue weighted by Crippen LogP contribution is 1.59. The maximum Gasteiger partial charge on any atom is 0.180 e. The van der Waals surface area contributed by atoms with Crippen molar-refractivity contribution in [2.45, 2.75) is 0 Å². The number of hydrogen-bond acceptors (Lipinski definition) is 3. The third kappa shape index (κ3) is 3.88. The summed E-state index contributed by atoms with van der Waals surface area (Å²) in [5.74, 6) is 0. The molecule has 0 saturated carbocycles. The Morgan fingerprint density at radius 2 is 2.40 bits per heavy atom. The summed E-state index contributed by atoms with van der Waals surface area (Å²) in [6.45, 7) is -0.0556. The van der Waals surface area contributed by atoms with E-state index in [4.69, 9.17) is 5.26 Å². The molecule has 0 aromatic carbocycles. The Kier molecular flexibility index (Phi) is 3.79. The van der Waals surface area contributed by atoms with Gasteiger partial charge in [0.2, 0.25) is 0 Å². The molecule has 0 atom stereocenters. The molecular weight excluding hydrogens is 72.0 g/mol.